The zero-order valence-electron chi connectivity index (χ0n) is 14.6. The molecule has 3 aromatic rings. The van der Waals surface area contributed by atoms with Crippen LogP contribution in [-0.2, 0) is 11.2 Å². The summed E-state index contributed by atoms with van der Waals surface area (Å²) in [6.07, 6.45) is 3.22. The summed E-state index contributed by atoms with van der Waals surface area (Å²) in [6.45, 7) is 4.13. The average molecular weight is 374 g/mol. The highest BCUT2D eigenvalue weighted by molar-refractivity contribution is 6.30. The first-order valence-corrected chi connectivity index (χ1v) is 8.86. The minimum atomic E-state index is -0.124. The minimum Gasteiger partial charge on any atom is -0.339 e. The standard InChI is InChI=1S/C18H20ClN5O2/c1-3-12(2)24-15(10-11-20-24)21-16(25)8-9-17-22-18(23-26-17)13-4-6-14(19)7-5-13/h4-7,10-12H,3,8-9H2,1-2H3,(H,21,25). The first-order valence-electron chi connectivity index (χ1n) is 8.48. The van der Waals surface area contributed by atoms with Crippen molar-refractivity contribution in [2.75, 3.05) is 5.32 Å². The molecule has 2 aromatic heterocycles. The molecule has 0 saturated carbocycles. The molecule has 2 heterocycles. The molecule has 136 valence electrons. The average Bonchev–Trinajstić information content (AvgIpc) is 3.29. The Balaban J connectivity index is 1.57. The van der Waals surface area contributed by atoms with Gasteiger partial charge in [0.1, 0.15) is 5.82 Å². The molecular formula is C18H20ClN5O2. The molecule has 0 spiro atoms. The van der Waals surface area contributed by atoms with E-state index in [-0.39, 0.29) is 18.4 Å². The Morgan fingerprint density at radius 3 is 2.81 bits per heavy atom. The van der Waals surface area contributed by atoms with E-state index in [0.717, 1.165) is 12.0 Å². The predicted octanol–water partition coefficient (Wildman–Crippen LogP) is 4.13. The molecule has 1 unspecified atom stereocenters. The summed E-state index contributed by atoms with van der Waals surface area (Å²) >= 11 is 5.87. The number of anilines is 1. The molecule has 1 amide bonds. The van der Waals surface area contributed by atoms with Crippen molar-refractivity contribution in [2.24, 2.45) is 0 Å². The fourth-order valence-electron chi connectivity index (χ4n) is 2.44. The Hall–Kier alpha value is -2.67. The quantitative estimate of drug-likeness (QED) is 0.673. The van der Waals surface area contributed by atoms with E-state index in [4.69, 9.17) is 16.1 Å². The van der Waals surface area contributed by atoms with E-state index in [1.807, 2.05) is 16.8 Å². The molecule has 26 heavy (non-hydrogen) atoms. The maximum atomic E-state index is 12.2. The Morgan fingerprint density at radius 1 is 1.31 bits per heavy atom. The lowest BCUT2D eigenvalue weighted by Gasteiger charge is -2.13. The van der Waals surface area contributed by atoms with Crippen molar-refractivity contribution in [1.82, 2.24) is 19.9 Å². The lowest BCUT2D eigenvalue weighted by atomic mass is 10.2. The van der Waals surface area contributed by atoms with Gasteiger partial charge in [0.25, 0.3) is 0 Å². The van der Waals surface area contributed by atoms with Crippen LogP contribution in [0.4, 0.5) is 5.82 Å². The fraction of sp³-hybridized carbons (Fsp3) is 0.333. The van der Waals surface area contributed by atoms with Crippen LogP contribution in [0.1, 0.15) is 38.6 Å². The summed E-state index contributed by atoms with van der Waals surface area (Å²) in [5, 5.41) is 11.7. The number of nitrogens with one attached hydrogen (secondary N) is 1. The molecule has 0 radical (unpaired) electrons. The number of amides is 1. The van der Waals surface area contributed by atoms with E-state index >= 15 is 0 Å². The van der Waals surface area contributed by atoms with Crippen LogP contribution in [0, 0.1) is 0 Å². The number of carbonyl (C=O) groups excluding carboxylic acids is 1. The number of aromatic nitrogens is 4. The molecule has 1 aromatic carbocycles. The molecule has 0 aliphatic rings. The summed E-state index contributed by atoms with van der Waals surface area (Å²) in [5.41, 5.74) is 0.811. The number of benzene rings is 1. The number of rotatable bonds is 7. The third-order valence-corrected chi connectivity index (χ3v) is 4.33. The molecule has 1 atom stereocenters. The van der Waals surface area contributed by atoms with E-state index < -0.39 is 0 Å². The zero-order chi connectivity index (χ0) is 18.5. The molecule has 0 saturated heterocycles. The van der Waals surface area contributed by atoms with Crippen LogP contribution in [0.3, 0.4) is 0 Å². The van der Waals surface area contributed by atoms with Crippen molar-refractivity contribution in [3.8, 4) is 11.4 Å². The Labute approximate surface area is 156 Å². The van der Waals surface area contributed by atoms with Gasteiger partial charge in [-0.3, -0.25) is 4.79 Å². The van der Waals surface area contributed by atoms with Crippen LogP contribution in [0.2, 0.25) is 5.02 Å². The predicted molar refractivity (Wildman–Crippen MR) is 98.9 cm³/mol. The summed E-state index contributed by atoms with van der Waals surface area (Å²) < 4.78 is 7.03. The molecule has 8 heteroatoms. The molecule has 3 rings (SSSR count). The van der Waals surface area contributed by atoms with Crippen molar-refractivity contribution in [2.45, 2.75) is 39.2 Å². The second-order valence-electron chi connectivity index (χ2n) is 5.99. The van der Waals surface area contributed by atoms with Crippen molar-refractivity contribution < 1.29 is 9.32 Å². The van der Waals surface area contributed by atoms with Crippen LogP contribution in [0.5, 0.6) is 0 Å². The third kappa shape index (κ3) is 4.29. The summed E-state index contributed by atoms with van der Waals surface area (Å²) in [5.74, 6) is 1.46. The molecule has 7 nitrogen and oxygen atoms in total. The lowest BCUT2D eigenvalue weighted by molar-refractivity contribution is -0.116. The van der Waals surface area contributed by atoms with Crippen molar-refractivity contribution in [3.05, 3.63) is 47.4 Å². The van der Waals surface area contributed by atoms with Gasteiger partial charge in [-0.25, -0.2) is 4.68 Å². The Morgan fingerprint density at radius 2 is 2.08 bits per heavy atom. The van der Waals surface area contributed by atoms with Gasteiger partial charge in [-0.15, -0.1) is 0 Å². The van der Waals surface area contributed by atoms with Gasteiger partial charge in [0.05, 0.1) is 12.2 Å². The zero-order valence-corrected chi connectivity index (χ0v) is 15.4. The summed E-state index contributed by atoms with van der Waals surface area (Å²) in [6, 6.07) is 9.18. The smallest absolute Gasteiger partial charge is 0.227 e. The number of hydrogen-bond donors (Lipinski definition) is 1. The maximum absolute atomic E-state index is 12.2. The van der Waals surface area contributed by atoms with E-state index in [1.165, 1.54) is 0 Å². The fourth-order valence-corrected chi connectivity index (χ4v) is 2.56. The van der Waals surface area contributed by atoms with Gasteiger partial charge in [0.15, 0.2) is 0 Å². The van der Waals surface area contributed by atoms with Crippen molar-refractivity contribution >= 4 is 23.3 Å². The van der Waals surface area contributed by atoms with Gasteiger partial charge < -0.3 is 9.84 Å². The van der Waals surface area contributed by atoms with Crippen LogP contribution in [-0.4, -0.2) is 25.8 Å². The van der Waals surface area contributed by atoms with E-state index in [2.05, 4.69) is 34.4 Å². The number of halogens is 1. The van der Waals surface area contributed by atoms with E-state index in [1.54, 1.807) is 24.4 Å². The van der Waals surface area contributed by atoms with E-state index in [0.29, 0.717) is 29.0 Å². The number of nitrogens with zero attached hydrogens (tertiary/aromatic N) is 4. The van der Waals surface area contributed by atoms with Crippen LogP contribution < -0.4 is 5.32 Å². The number of carbonyl (C=O) groups is 1. The third-order valence-electron chi connectivity index (χ3n) is 4.08. The molecule has 0 aliphatic carbocycles. The molecular weight excluding hydrogens is 354 g/mol. The normalized spacial score (nSPS) is 12.1. The van der Waals surface area contributed by atoms with Crippen LogP contribution in [0.15, 0.2) is 41.1 Å². The SMILES string of the molecule is CCC(C)n1nccc1NC(=O)CCc1nc(-c2ccc(Cl)cc2)no1. The monoisotopic (exact) mass is 373 g/mol. The molecule has 0 bridgehead atoms. The highest BCUT2D eigenvalue weighted by atomic mass is 35.5. The molecule has 0 fully saturated rings. The largest absolute Gasteiger partial charge is 0.339 e. The Kier molecular flexibility index (Phi) is 5.68. The van der Waals surface area contributed by atoms with Gasteiger partial charge in [-0.1, -0.05) is 23.7 Å². The van der Waals surface area contributed by atoms with Crippen LogP contribution >= 0.6 is 11.6 Å². The maximum Gasteiger partial charge on any atom is 0.227 e. The topological polar surface area (TPSA) is 85.8 Å². The first-order chi connectivity index (χ1) is 12.6. The number of aryl methyl sites for hydroxylation is 1. The van der Waals surface area contributed by atoms with Crippen LogP contribution in [0.25, 0.3) is 11.4 Å². The van der Waals surface area contributed by atoms with Gasteiger partial charge in [-0.05, 0) is 37.6 Å². The molecule has 1 N–H and O–H groups in total. The number of hydrogen-bond acceptors (Lipinski definition) is 5. The van der Waals surface area contributed by atoms with Gasteiger partial charge in [-0.2, -0.15) is 10.1 Å². The van der Waals surface area contributed by atoms with Gasteiger partial charge in [0, 0.05) is 29.5 Å². The highest BCUT2D eigenvalue weighted by Crippen LogP contribution is 2.19. The van der Waals surface area contributed by atoms with Gasteiger partial charge in [0.2, 0.25) is 17.6 Å². The van der Waals surface area contributed by atoms with Crippen molar-refractivity contribution in [1.29, 1.82) is 0 Å². The summed E-state index contributed by atoms with van der Waals surface area (Å²) in [4.78, 5) is 16.5. The first kappa shape index (κ1) is 18.1. The minimum absolute atomic E-state index is 0.124. The lowest BCUT2D eigenvalue weighted by Crippen LogP contribution is -2.17. The second-order valence-corrected chi connectivity index (χ2v) is 6.42. The Bertz CT molecular complexity index is 872. The van der Waals surface area contributed by atoms with Crippen molar-refractivity contribution in [3.63, 3.8) is 0 Å². The van der Waals surface area contributed by atoms with Gasteiger partial charge >= 0.3 is 0 Å². The molecule has 0 aliphatic heterocycles. The van der Waals surface area contributed by atoms with E-state index in [9.17, 15) is 4.79 Å². The second kappa shape index (κ2) is 8.14. The highest BCUT2D eigenvalue weighted by Gasteiger charge is 2.13. The summed E-state index contributed by atoms with van der Waals surface area (Å²) in [7, 11) is 0.